The molecule has 0 fully saturated rings. The molecule has 1 aromatic rings. The number of amidine groups is 1. The highest BCUT2D eigenvalue weighted by Crippen LogP contribution is 2.15. The van der Waals surface area contributed by atoms with Gasteiger partial charge in [0.25, 0.3) is 5.91 Å². The lowest BCUT2D eigenvalue weighted by Gasteiger charge is -2.11. The molecule has 0 radical (unpaired) electrons. The molecule has 0 spiro atoms. The van der Waals surface area contributed by atoms with E-state index in [-0.39, 0.29) is 18.3 Å². The van der Waals surface area contributed by atoms with Crippen molar-refractivity contribution in [2.45, 2.75) is 13.0 Å². The van der Waals surface area contributed by atoms with Crippen LogP contribution in [0, 0.1) is 0 Å². The quantitative estimate of drug-likeness (QED) is 0.306. The Balaban J connectivity index is 2.54. The van der Waals surface area contributed by atoms with Gasteiger partial charge in [0.2, 0.25) is 0 Å². The van der Waals surface area contributed by atoms with Crippen LogP contribution in [0.25, 0.3) is 0 Å². The van der Waals surface area contributed by atoms with E-state index in [0.717, 1.165) is 0 Å². The summed E-state index contributed by atoms with van der Waals surface area (Å²) < 4.78 is 10.1. The number of benzene rings is 1. The molecule has 0 saturated heterocycles. The minimum Gasteiger partial charge on any atom is -0.486 e. The molecule has 0 saturated carbocycles. The maximum Gasteiger partial charge on any atom is 0.253 e. The van der Waals surface area contributed by atoms with Crippen LogP contribution >= 0.6 is 0 Å². The molecule has 104 valence electrons. The summed E-state index contributed by atoms with van der Waals surface area (Å²) in [4.78, 5) is 11.6. The predicted molar refractivity (Wildman–Crippen MR) is 70.4 cm³/mol. The van der Waals surface area contributed by atoms with Crippen molar-refractivity contribution >= 4 is 17.4 Å². The SMILES string of the molecule is COC(C)C(=O)Nc1ccc(OC/C(N)=N/O)cc1. The normalized spacial score (nSPS) is 12.8. The van der Waals surface area contributed by atoms with Gasteiger partial charge >= 0.3 is 0 Å². The van der Waals surface area contributed by atoms with E-state index in [1.165, 1.54) is 7.11 Å². The van der Waals surface area contributed by atoms with Gasteiger partial charge in [-0.15, -0.1) is 0 Å². The maximum atomic E-state index is 11.6. The molecule has 0 aliphatic rings. The second-order valence-electron chi connectivity index (χ2n) is 3.77. The van der Waals surface area contributed by atoms with Crippen LogP contribution in [0.15, 0.2) is 29.4 Å². The largest absolute Gasteiger partial charge is 0.486 e. The summed E-state index contributed by atoms with van der Waals surface area (Å²) in [5.41, 5.74) is 5.90. The lowest BCUT2D eigenvalue weighted by Crippen LogP contribution is -2.26. The van der Waals surface area contributed by atoms with Crippen molar-refractivity contribution in [3.63, 3.8) is 0 Å². The summed E-state index contributed by atoms with van der Waals surface area (Å²) in [5.74, 6) is 0.295. The fourth-order valence-corrected chi connectivity index (χ4v) is 1.17. The lowest BCUT2D eigenvalue weighted by molar-refractivity contribution is -0.124. The highest BCUT2D eigenvalue weighted by Gasteiger charge is 2.11. The molecule has 0 aliphatic heterocycles. The summed E-state index contributed by atoms with van der Waals surface area (Å²) in [7, 11) is 1.47. The molecule has 0 bridgehead atoms. The second kappa shape index (κ2) is 7.22. The first-order valence-corrected chi connectivity index (χ1v) is 5.59. The number of methoxy groups -OCH3 is 1. The second-order valence-corrected chi connectivity index (χ2v) is 3.77. The number of hydrogen-bond donors (Lipinski definition) is 3. The van der Waals surface area contributed by atoms with Gasteiger partial charge in [0.05, 0.1) is 0 Å². The molecule has 19 heavy (non-hydrogen) atoms. The van der Waals surface area contributed by atoms with Gasteiger partial charge < -0.3 is 25.7 Å². The number of rotatable bonds is 6. The number of nitrogens with two attached hydrogens (primary N) is 1. The number of oxime groups is 1. The summed E-state index contributed by atoms with van der Waals surface area (Å²) in [6, 6.07) is 6.69. The molecule has 1 unspecified atom stereocenters. The number of ether oxygens (including phenoxy) is 2. The topological polar surface area (TPSA) is 106 Å². The zero-order chi connectivity index (χ0) is 14.3. The number of amides is 1. The molecule has 1 amide bonds. The van der Waals surface area contributed by atoms with Crippen molar-refractivity contribution in [2.75, 3.05) is 19.0 Å². The van der Waals surface area contributed by atoms with Crippen molar-refractivity contribution in [3.8, 4) is 5.75 Å². The number of nitrogens with one attached hydrogen (secondary N) is 1. The van der Waals surface area contributed by atoms with Gasteiger partial charge in [0, 0.05) is 12.8 Å². The van der Waals surface area contributed by atoms with Crippen molar-refractivity contribution in [1.29, 1.82) is 0 Å². The molecular weight excluding hydrogens is 250 g/mol. The third-order valence-electron chi connectivity index (χ3n) is 2.36. The predicted octanol–water partition coefficient (Wildman–Crippen LogP) is 0.785. The van der Waals surface area contributed by atoms with E-state index in [4.69, 9.17) is 20.4 Å². The molecule has 1 rings (SSSR count). The fourth-order valence-electron chi connectivity index (χ4n) is 1.17. The molecule has 4 N–H and O–H groups in total. The first-order chi connectivity index (χ1) is 9.06. The van der Waals surface area contributed by atoms with E-state index in [1.807, 2.05) is 0 Å². The Morgan fingerprint density at radius 3 is 2.63 bits per heavy atom. The zero-order valence-corrected chi connectivity index (χ0v) is 10.8. The van der Waals surface area contributed by atoms with Crippen LogP contribution in [-0.4, -0.2) is 36.8 Å². The van der Waals surface area contributed by atoms with Crippen LogP contribution in [0.5, 0.6) is 5.75 Å². The van der Waals surface area contributed by atoms with Gasteiger partial charge in [0.15, 0.2) is 5.84 Å². The third-order valence-corrected chi connectivity index (χ3v) is 2.36. The van der Waals surface area contributed by atoms with Crippen molar-refractivity contribution in [2.24, 2.45) is 10.9 Å². The number of carbonyl (C=O) groups is 1. The third kappa shape index (κ3) is 4.84. The smallest absolute Gasteiger partial charge is 0.253 e. The minimum atomic E-state index is -0.517. The van der Waals surface area contributed by atoms with E-state index < -0.39 is 6.10 Å². The average molecular weight is 267 g/mol. The van der Waals surface area contributed by atoms with E-state index in [0.29, 0.717) is 11.4 Å². The van der Waals surface area contributed by atoms with Crippen LogP contribution in [0.4, 0.5) is 5.69 Å². The van der Waals surface area contributed by atoms with Gasteiger partial charge in [-0.1, -0.05) is 5.16 Å². The Morgan fingerprint density at radius 1 is 1.47 bits per heavy atom. The average Bonchev–Trinajstić information content (AvgIpc) is 2.45. The molecule has 7 heteroatoms. The molecule has 0 aliphatic carbocycles. The van der Waals surface area contributed by atoms with Gasteiger partial charge in [-0.3, -0.25) is 4.79 Å². The highest BCUT2D eigenvalue weighted by atomic mass is 16.5. The van der Waals surface area contributed by atoms with Crippen molar-refractivity contribution in [3.05, 3.63) is 24.3 Å². The molecule has 0 heterocycles. The molecule has 1 atom stereocenters. The Morgan fingerprint density at radius 2 is 2.11 bits per heavy atom. The Kier molecular flexibility index (Phi) is 5.62. The van der Waals surface area contributed by atoms with Gasteiger partial charge in [0.1, 0.15) is 18.5 Å². The standard InChI is InChI=1S/C12H17N3O4/c1-8(18-2)12(16)14-9-3-5-10(6-4-9)19-7-11(13)15-17/h3-6,8,17H,7H2,1-2H3,(H2,13,15)(H,14,16). The number of anilines is 1. The minimum absolute atomic E-state index is 0.0110. The van der Waals surface area contributed by atoms with Crippen LogP contribution in [-0.2, 0) is 9.53 Å². The number of carbonyl (C=O) groups excluding carboxylic acids is 1. The highest BCUT2D eigenvalue weighted by molar-refractivity contribution is 5.93. The van der Waals surface area contributed by atoms with Gasteiger partial charge in [-0.2, -0.15) is 0 Å². The van der Waals surface area contributed by atoms with Crippen LogP contribution in [0.2, 0.25) is 0 Å². The molecule has 1 aromatic carbocycles. The maximum absolute atomic E-state index is 11.6. The van der Waals surface area contributed by atoms with E-state index >= 15 is 0 Å². The van der Waals surface area contributed by atoms with Crippen molar-refractivity contribution < 1.29 is 19.5 Å². The fraction of sp³-hybridized carbons (Fsp3) is 0.333. The van der Waals surface area contributed by atoms with Crippen LogP contribution in [0.3, 0.4) is 0 Å². The first-order valence-electron chi connectivity index (χ1n) is 5.59. The van der Waals surface area contributed by atoms with E-state index in [2.05, 4.69) is 10.5 Å². The summed E-state index contributed by atoms with van der Waals surface area (Å²) in [6.07, 6.45) is -0.517. The Labute approximate surface area is 111 Å². The Bertz CT molecular complexity index is 445. The summed E-state index contributed by atoms with van der Waals surface area (Å²) in [6.45, 7) is 1.65. The first kappa shape index (κ1) is 14.8. The number of nitrogens with zero attached hydrogens (tertiary/aromatic N) is 1. The number of hydrogen-bond acceptors (Lipinski definition) is 5. The zero-order valence-electron chi connectivity index (χ0n) is 10.8. The van der Waals surface area contributed by atoms with Gasteiger partial charge in [-0.25, -0.2) is 0 Å². The van der Waals surface area contributed by atoms with E-state index in [1.54, 1.807) is 31.2 Å². The molecular formula is C12H17N3O4. The summed E-state index contributed by atoms with van der Waals surface area (Å²) >= 11 is 0. The molecule has 7 nitrogen and oxygen atoms in total. The Hall–Kier alpha value is -2.28. The lowest BCUT2D eigenvalue weighted by atomic mass is 10.3. The van der Waals surface area contributed by atoms with E-state index in [9.17, 15) is 4.79 Å². The van der Waals surface area contributed by atoms with Crippen LogP contribution in [0.1, 0.15) is 6.92 Å². The van der Waals surface area contributed by atoms with Crippen LogP contribution < -0.4 is 15.8 Å². The molecule has 0 aromatic heterocycles. The monoisotopic (exact) mass is 267 g/mol. The van der Waals surface area contributed by atoms with Crippen molar-refractivity contribution in [1.82, 2.24) is 0 Å². The van der Waals surface area contributed by atoms with Gasteiger partial charge in [-0.05, 0) is 31.2 Å². The summed E-state index contributed by atoms with van der Waals surface area (Å²) in [5, 5.41) is 13.8.